The van der Waals surface area contributed by atoms with Crippen LogP contribution >= 0.6 is 0 Å². The zero-order valence-electron chi connectivity index (χ0n) is 4.76. The van der Waals surface area contributed by atoms with Gasteiger partial charge in [0.2, 0.25) is 0 Å². The molecule has 0 aliphatic carbocycles. The third kappa shape index (κ3) is 5.34. The van der Waals surface area contributed by atoms with Crippen LogP contribution in [0.25, 0.3) is 0 Å². The lowest BCUT2D eigenvalue weighted by Crippen LogP contribution is -1.71. The predicted octanol–water partition coefficient (Wildman–Crippen LogP) is 1.13. The highest BCUT2D eigenvalue weighted by molar-refractivity contribution is 5.55. The minimum atomic E-state index is 0.576. The molecular weight excluding hydrogens is 88.1 g/mol. The Morgan fingerprint density at radius 1 is 1.14 bits per heavy atom. The summed E-state index contributed by atoms with van der Waals surface area (Å²) in [6, 6.07) is 0. The van der Waals surface area contributed by atoms with Crippen LogP contribution in [0.5, 0.6) is 0 Å². The van der Waals surface area contributed by atoms with Crippen LogP contribution in [0.4, 0.5) is 0 Å². The predicted molar refractivity (Wildman–Crippen MR) is 33.2 cm³/mol. The van der Waals surface area contributed by atoms with E-state index in [0.717, 1.165) is 0 Å². The molecule has 40 valence electrons. The van der Waals surface area contributed by atoms with Gasteiger partial charge in [-0.15, -0.1) is 0 Å². The smallest absolute Gasteiger partial charge is 0.128 e. The first-order valence-electron chi connectivity index (χ1n) is 2.30. The van der Waals surface area contributed by atoms with Gasteiger partial charge in [-0.2, -0.15) is 0 Å². The first kappa shape index (κ1) is 6.34. The number of hydrogen-bond donors (Lipinski definition) is 0. The summed E-state index contributed by atoms with van der Waals surface area (Å²) in [5.74, 6) is 0. The molecule has 0 radical (unpaired) electrons. The standard InChI is InChI=1S/C5H10N2/c1-3-6-5-7-4-2/h3-4H,5H2,1-2H3/b6-3+,7-4+. The summed E-state index contributed by atoms with van der Waals surface area (Å²) in [6.07, 6.45) is 3.49. The lowest BCUT2D eigenvalue weighted by atomic mass is 10.8. The van der Waals surface area contributed by atoms with E-state index in [1.54, 1.807) is 12.4 Å². The number of aliphatic imine (C=N–C) groups is 2. The largest absolute Gasteiger partial charge is 0.274 e. The van der Waals surface area contributed by atoms with Crippen molar-refractivity contribution in [1.82, 2.24) is 0 Å². The minimum Gasteiger partial charge on any atom is -0.274 e. The molecule has 0 bridgehead atoms. The Balaban J connectivity index is 2.98. The van der Waals surface area contributed by atoms with Crippen molar-refractivity contribution in [2.45, 2.75) is 13.8 Å². The molecule has 0 saturated heterocycles. The summed E-state index contributed by atoms with van der Waals surface area (Å²) in [5.41, 5.74) is 0. The third-order valence-electron chi connectivity index (χ3n) is 0.528. The number of hydrogen-bond acceptors (Lipinski definition) is 2. The van der Waals surface area contributed by atoms with Crippen LogP contribution in [0.2, 0.25) is 0 Å². The highest BCUT2D eigenvalue weighted by atomic mass is 14.9. The van der Waals surface area contributed by atoms with E-state index >= 15 is 0 Å². The second kappa shape index (κ2) is 5.34. The van der Waals surface area contributed by atoms with Gasteiger partial charge in [0.1, 0.15) is 6.67 Å². The van der Waals surface area contributed by atoms with E-state index in [1.807, 2.05) is 13.8 Å². The molecule has 0 spiro atoms. The molecule has 0 unspecified atom stereocenters. The Morgan fingerprint density at radius 2 is 1.57 bits per heavy atom. The highest BCUT2D eigenvalue weighted by Crippen LogP contribution is 1.66. The first-order chi connectivity index (χ1) is 3.41. The zero-order chi connectivity index (χ0) is 5.54. The molecule has 0 aromatic rings. The topological polar surface area (TPSA) is 24.7 Å². The van der Waals surface area contributed by atoms with Gasteiger partial charge in [0, 0.05) is 0 Å². The zero-order valence-corrected chi connectivity index (χ0v) is 4.76. The molecule has 2 heteroatoms. The molecule has 0 fully saturated rings. The molecule has 0 aromatic heterocycles. The lowest BCUT2D eigenvalue weighted by molar-refractivity contribution is 1.08. The lowest BCUT2D eigenvalue weighted by Gasteiger charge is -1.76. The minimum absolute atomic E-state index is 0.576. The molecule has 0 aliphatic heterocycles. The van der Waals surface area contributed by atoms with Crippen LogP contribution in [0.1, 0.15) is 13.8 Å². The molecule has 0 aliphatic rings. The SMILES string of the molecule is C/C=N/C/N=C/C. The van der Waals surface area contributed by atoms with Crippen LogP contribution in [-0.4, -0.2) is 19.1 Å². The van der Waals surface area contributed by atoms with Gasteiger partial charge in [-0.1, -0.05) is 0 Å². The van der Waals surface area contributed by atoms with E-state index in [2.05, 4.69) is 9.98 Å². The number of nitrogens with zero attached hydrogens (tertiary/aromatic N) is 2. The second-order valence-corrected chi connectivity index (χ2v) is 1.02. The van der Waals surface area contributed by atoms with Crippen molar-refractivity contribution in [2.75, 3.05) is 6.67 Å². The van der Waals surface area contributed by atoms with Crippen LogP contribution in [0.3, 0.4) is 0 Å². The molecule has 0 N–H and O–H groups in total. The van der Waals surface area contributed by atoms with Crippen LogP contribution in [-0.2, 0) is 0 Å². The maximum absolute atomic E-state index is 3.84. The normalized spacial score (nSPS) is 11.7. The fourth-order valence-electron chi connectivity index (χ4n) is 0.210. The van der Waals surface area contributed by atoms with Crippen molar-refractivity contribution >= 4 is 12.4 Å². The molecule has 7 heavy (non-hydrogen) atoms. The van der Waals surface area contributed by atoms with Gasteiger partial charge >= 0.3 is 0 Å². The average molecular weight is 98.1 g/mol. The van der Waals surface area contributed by atoms with Gasteiger partial charge in [0.25, 0.3) is 0 Å². The van der Waals surface area contributed by atoms with Gasteiger partial charge in [0.15, 0.2) is 0 Å². The van der Waals surface area contributed by atoms with E-state index in [9.17, 15) is 0 Å². The molecule has 2 nitrogen and oxygen atoms in total. The Bertz CT molecular complexity index is 64.1. The van der Waals surface area contributed by atoms with Gasteiger partial charge < -0.3 is 0 Å². The molecular formula is C5H10N2. The van der Waals surface area contributed by atoms with Crippen molar-refractivity contribution in [3.05, 3.63) is 0 Å². The van der Waals surface area contributed by atoms with Crippen LogP contribution in [0, 0.1) is 0 Å². The van der Waals surface area contributed by atoms with E-state index in [4.69, 9.17) is 0 Å². The van der Waals surface area contributed by atoms with E-state index < -0.39 is 0 Å². The molecule has 0 heterocycles. The summed E-state index contributed by atoms with van der Waals surface area (Å²) < 4.78 is 0. The summed E-state index contributed by atoms with van der Waals surface area (Å²) >= 11 is 0. The van der Waals surface area contributed by atoms with E-state index in [0.29, 0.717) is 6.67 Å². The van der Waals surface area contributed by atoms with Crippen molar-refractivity contribution in [3.8, 4) is 0 Å². The third-order valence-corrected chi connectivity index (χ3v) is 0.528. The van der Waals surface area contributed by atoms with Crippen molar-refractivity contribution in [2.24, 2.45) is 9.98 Å². The molecule has 0 aromatic carbocycles. The fraction of sp³-hybridized carbons (Fsp3) is 0.600. The van der Waals surface area contributed by atoms with Crippen LogP contribution in [0.15, 0.2) is 9.98 Å². The Hall–Kier alpha value is -0.660. The summed E-state index contributed by atoms with van der Waals surface area (Å²) in [7, 11) is 0. The van der Waals surface area contributed by atoms with Gasteiger partial charge in [-0.25, -0.2) is 0 Å². The van der Waals surface area contributed by atoms with E-state index in [-0.39, 0.29) is 0 Å². The fourth-order valence-corrected chi connectivity index (χ4v) is 0.210. The highest BCUT2D eigenvalue weighted by Gasteiger charge is 1.60. The van der Waals surface area contributed by atoms with Crippen molar-refractivity contribution < 1.29 is 0 Å². The monoisotopic (exact) mass is 98.1 g/mol. The van der Waals surface area contributed by atoms with E-state index in [1.165, 1.54) is 0 Å². The maximum Gasteiger partial charge on any atom is 0.128 e. The molecule has 0 saturated carbocycles. The molecule has 0 amide bonds. The average Bonchev–Trinajstić information content (AvgIpc) is 1.69. The summed E-state index contributed by atoms with van der Waals surface area (Å²) in [5, 5.41) is 0. The molecule has 0 rings (SSSR count). The maximum atomic E-state index is 3.84. The first-order valence-corrected chi connectivity index (χ1v) is 2.30. The van der Waals surface area contributed by atoms with Gasteiger partial charge in [0.05, 0.1) is 0 Å². The molecule has 0 atom stereocenters. The summed E-state index contributed by atoms with van der Waals surface area (Å²) in [4.78, 5) is 7.68. The Kier molecular flexibility index (Phi) is 4.84. The van der Waals surface area contributed by atoms with Crippen LogP contribution < -0.4 is 0 Å². The Morgan fingerprint density at radius 3 is 1.86 bits per heavy atom. The quantitative estimate of drug-likeness (QED) is 0.462. The second-order valence-electron chi connectivity index (χ2n) is 1.02. The van der Waals surface area contributed by atoms with Gasteiger partial charge in [-0.3, -0.25) is 9.98 Å². The van der Waals surface area contributed by atoms with Gasteiger partial charge in [-0.05, 0) is 26.3 Å². The van der Waals surface area contributed by atoms with Crippen molar-refractivity contribution in [1.29, 1.82) is 0 Å². The van der Waals surface area contributed by atoms with Crippen molar-refractivity contribution in [3.63, 3.8) is 0 Å². The number of rotatable bonds is 2. The summed E-state index contributed by atoms with van der Waals surface area (Å²) in [6.45, 7) is 4.34. The Labute approximate surface area is 44.0 Å².